The van der Waals surface area contributed by atoms with Crippen molar-refractivity contribution < 1.29 is 0 Å². The van der Waals surface area contributed by atoms with Crippen LogP contribution in [0.2, 0.25) is 5.02 Å². The number of hydrogen-bond acceptors (Lipinski definition) is 4. The van der Waals surface area contributed by atoms with Gasteiger partial charge in [-0.05, 0) is 54.9 Å². The molecule has 0 bridgehead atoms. The molecule has 6 heteroatoms. The molecule has 4 nitrogen and oxygen atoms in total. The SMILES string of the molecule is CCNc1nc(C)nc(Nc2ccc(Cl)cc2Br)c1C. The van der Waals surface area contributed by atoms with Gasteiger partial charge in [-0.25, -0.2) is 9.97 Å². The van der Waals surface area contributed by atoms with Gasteiger partial charge in [0.1, 0.15) is 17.5 Å². The highest BCUT2D eigenvalue weighted by Gasteiger charge is 2.10. The Balaban J connectivity index is 2.37. The first-order valence-electron chi connectivity index (χ1n) is 6.32. The van der Waals surface area contributed by atoms with Gasteiger partial charge in [-0.15, -0.1) is 0 Å². The average Bonchev–Trinajstić information content (AvgIpc) is 2.38. The van der Waals surface area contributed by atoms with E-state index >= 15 is 0 Å². The highest BCUT2D eigenvalue weighted by molar-refractivity contribution is 9.10. The van der Waals surface area contributed by atoms with Crippen molar-refractivity contribution in [2.24, 2.45) is 0 Å². The van der Waals surface area contributed by atoms with Crippen LogP contribution in [0.3, 0.4) is 0 Å². The summed E-state index contributed by atoms with van der Waals surface area (Å²) in [5.74, 6) is 2.36. The van der Waals surface area contributed by atoms with Crippen LogP contribution < -0.4 is 10.6 Å². The zero-order valence-corrected chi connectivity index (χ0v) is 13.9. The summed E-state index contributed by atoms with van der Waals surface area (Å²) >= 11 is 9.44. The Kier molecular flexibility index (Phi) is 4.83. The monoisotopic (exact) mass is 354 g/mol. The van der Waals surface area contributed by atoms with Gasteiger partial charge in [0.25, 0.3) is 0 Å². The van der Waals surface area contributed by atoms with Gasteiger partial charge >= 0.3 is 0 Å². The quantitative estimate of drug-likeness (QED) is 0.835. The molecule has 0 aliphatic rings. The minimum absolute atomic E-state index is 0.686. The van der Waals surface area contributed by atoms with E-state index in [4.69, 9.17) is 11.6 Å². The van der Waals surface area contributed by atoms with E-state index in [1.165, 1.54) is 0 Å². The van der Waals surface area contributed by atoms with E-state index in [1.54, 1.807) is 0 Å². The van der Waals surface area contributed by atoms with Gasteiger partial charge in [-0.2, -0.15) is 0 Å². The number of nitrogens with one attached hydrogen (secondary N) is 2. The molecule has 0 unspecified atom stereocenters. The van der Waals surface area contributed by atoms with Crippen molar-refractivity contribution in [1.82, 2.24) is 9.97 Å². The highest BCUT2D eigenvalue weighted by atomic mass is 79.9. The summed E-state index contributed by atoms with van der Waals surface area (Å²) in [4.78, 5) is 8.86. The fraction of sp³-hybridized carbons (Fsp3) is 0.286. The van der Waals surface area contributed by atoms with Crippen LogP contribution in [0.5, 0.6) is 0 Å². The molecule has 2 rings (SSSR count). The van der Waals surface area contributed by atoms with Crippen molar-refractivity contribution in [1.29, 1.82) is 0 Å². The van der Waals surface area contributed by atoms with Crippen molar-refractivity contribution in [3.05, 3.63) is 39.1 Å². The van der Waals surface area contributed by atoms with Crippen LogP contribution in [0, 0.1) is 13.8 Å². The van der Waals surface area contributed by atoms with E-state index in [0.717, 1.165) is 39.7 Å². The summed E-state index contributed by atoms with van der Waals surface area (Å²) in [6.07, 6.45) is 0. The molecule has 0 aliphatic carbocycles. The van der Waals surface area contributed by atoms with Crippen molar-refractivity contribution in [3.8, 4) is 0 Å². The number of benzene rings is 1. The van der Waals surface area contributed by atoms with Gasteiger partial charge in [-0.3, -0.25) is 0 Å². The smallest absolute Gasteiger partial charge is 0.139 e. The van der Waals surface area contributed by atoms with Gasteiger partial charge in [0.2, 0.25) is 0 Å². The van der Waals surface area contributed by atoms with E-state index in [-0.39, 0.29) is 0 Å². The second-order valence-corrected chi connectivity index (χ2v) is 5.66. The number of nitrogens with zero attached hydrogens (tertiary/aromatic N) is 2. The molecule has 0 atom stereocenters. The molecule has 0 saturated heterocycles. The van der Waals surface area contributed by atoms with Crippen molar-refractivity contribution in [3.63, 3.8) is 0 Å². The molecule has 1 aromatic carbocycles. The van der Waals surface area contributed by atoms with Gasteiger partial charge in [-0.1, -0.05) is 11.6 Å². The van der Waals surface area contributed by atoms with E-state index in [1.807, 2.05) is 39.0 Å². The van der Waals surface area contributed by atoms with Crippen LogP contribution in [0.1, 0.15) is 18.3 Å². The van der Waals surface area contributed by atoms with Crippen molar-refractivity contribution in [2.75, 3.05) is 17.2 Å². The summed E-state index contributed by atoms with van der Waals surface area (Å²) in [6.45, 7) is 6.73. The molecule has 106 valence electrons. The molecular formula is C14H16BrClN4. The average molecular weight is 356 g/mol. The van der Waals surface area contributed by atoms with Crippen molar-refractivity contribution >= 4 is 44.9 Å². The number of aromatic nitrogens is 2. The van der Waals surface area contributed by atoms with E-state index in [9.17, 15) is 0 Å². The predicted molar refractivity (Wildman–Crippen MR) is 88.1 cm³/mol. The number of rotatable bonds is 4. The van der Waals surface area contributed by atoms with Gasteiger partial charge < -0.3 is 10.6 Å². The summed E-state index contributed by atoms with van der Waals surface area (Å²) in [5.41, 5.74) is 1.90. The lowest BCUT2D eigenvalue weighted by molar-refractivity contribution is 1.02. The Hall–Kier alpha value is -1.33. The number of hydrogen-bond donors (Lipinski definition) is 2. The minimum Gasteiger partial charge on any atom is -0.370 e. The van der Waals surface area contributed by atoms with Crippen LogP contribution in [0.15, 0.2) is 22.7 Å². The third-order valence-electron chi connectivity index (χ3n) is 2.79. The molecule has 0 spiro atoms. The molecule has 2 N–H and O–H groups in total. The number of anilines is 3. The Labute approximate surface area is 132 Å². The first kappa shape index (κ1) is 15.1. The van der Waals surface area contributed by atoms with Crippen molar-refractivity contribution in [2.45, 2.75) is 20.8 Å². The lowest BCUT2D eigenvalue weighted by atomic mass is 10.2. The second kappa shape index (κ2) is 6.41. The fourth-order valence-electron chi connectivity index (χ4n) is 1.81. The summed E-state index contributed by atoms with van der Waals surface area (Å²) in [5, 5.41) is 7.24. The van der Waals surface area contributed by atoms with Gasteiger partial charge in [0.05, 0.1) is 5.69 Å². The maximum atomic E-state index is 5.95. The standard InChI is InChI=1S/C14H16BrClN4/c1-4-17-13-8(2)14(19-9(3)18-13)20-12-6-5-10(16)7-11(12)15/h5-7H,4H2,1-3H3,(H2,17,18,19,20). The summed E-state index contributed by atoms with van der Waals surface area (Å²) < 4.78 is 0.894. The van der Waals surface area contributed by atoms with Crippen LogP contribution in [0.4, 0.5) is 17.3 Å². The second-order valence-electron chi connectivity index (χ2n) is 4.37. The Bertz CT molecular complexity index is 631. The normalized spacial score (nSPS) is 10.4. The first-order valence-corrected chi connectivity index (χ1v) is 7.49. The molecule has 2 aromatic rings. The van der Waals surface area contributed by atoms with Gasteiger partial charge in [0, 0.05) is 21.6 Å². The van der Waals surface area contributed by atoms with Gasteiger partial charge in [0.15, 0.2) is 0 Å². The molecule has 0 saturated carbocycles. The summed E-state index contributed by atoms with van der Waals surface area (Å²) in [7, 11) is 0. The Morgan fingerprint density at radius 1 is 1.20 bits per heavy atom. The van der Waals surface area contributed by atoms with E-state index in [0.29, 0.717) is 5.02 Å². The molecule has 0 aliphatic heterocycles. The molecule has 0 fully saturated rings. The lowest BCUT2D eigenvalue weighted by Crippen LogP contribution is -2.07. The molecule has 0 radical (unpaired) electrons. The third-order valence-corrected chi connectivity index (χ3v) is 3.68. The molecular weight excluding hydrogens is 340 g/mol. The topological polar surface area (TPSA) is 49.8 Å². The number of halogens is 2. The maximum Gasteiger partial charge on any atom is 0.139 e. The lowest BCUT2D eigenvalue weighted by Gasteiger charge is -2.14. The molecule has 0 amide bonds. The largest absolute Gasteiger partial charge is 0.370 e. The first-order chi connectivity index (χ1) is 9.51. The van der Waals surface area contributed by atoms with E-state index in [2.05, 4.69) is 36.5 Å². The predicted octanol–water partition coefficient (Wildman–Crippen LogP) is 4.68. The maximum absolute atomic E-state index is 5.95. The van der Waals surface area contributed by atoms with Crippen LogP contribution >= 0.6 is 27.5 Å². The molecule has 1 heterocycles. The summed E-state index contributed by atoms with van der Waals surface area (Å²) in [6, 6.07) is 5.60. The van der Waals surface area contributed by atoms with Crippen LogP contribution in [0.25, 0.3) is 0 Å². The zero-order valence-electron chi connectivity index (χ0n) is 11.6. The third kappa shape index (κ3) is 3.41. The van der Waals surface area contributed by atoms with Crippen LogP contribution in [-0.2, 0) is 0 Å². The van der Waals surface area contributed by atoms with E-state index < -0.39 is 0 Å². The molecule has 20 heavy (non-hydrogen) atoms. The highest BCUT2D eigenvalue weighted by Crippen LogP contribution is 2.30. The number of aryl methyl sites for hydroxylation is 1. The Morgan fingerprint density at radius 2 is 1.90 bits per heavy atom. The Morgan fingerprint density at radius 3 is 2.55 bits per heavy atom. The molecule has 1 aromatic heterocycles. The zero-order chi connectivity index (χ0) is 14.7. The van der Waals surface area contributed by atoms with Crippen LogP contribution in [-0.4, -0.2) is 16.5 Å². The minimum atomic E-state index is 0.686. The fourth-order valence-corrected chi connectivity index (χ4v) is 2.59.